The number of fused-ring (bicyclic) bond motifs is 5. The Morgan fingerprint density at radius 1 is 1.08 bits per heavy atom. The summed E-state index contributed by atoms with van der Waals surface area (Å²) >= 11 is 0. The molecule has 0 aliphatic heterocycles. The first-order valence-corrected chi connectivity index (χ1v) is 10.8. The summed E-state index contributed by atoms with van der Waals surface area (Å²) in [7, 11) is -4.49. The van der Waals surface area contributed by atoms with E-state index in [1.54, 1.807) is 6.08 Å². The molecule has 0 spiro atoms. The van der Waals surface area contributed by atoms with Gasteiger partial charge in [0.05, 0.1) is 6.10 Å². The Morgan fingerprint density at radius 2 is 1.73 bits per heavy atom. The number of rotatable bonds is 2. The van der Waals surface area contributed by atoms with Gasteiger partial charge in [-0.2, -0.15) is 8.42 Å². The number of hydrogen-bond donors (Lipinski definition) is 1. The average Bonchev–Trinajstić information content (AvgIpc) is 2.83. The molecule has 4 aliphatic carbocycles. The van der Waals surface area contributed by atoms with Crippen LogP contribution in [0.5, 0.6) is 0 Å². The van der Waals surface area contributed by atoms with Gasteiger partial charge in [0.15, 0.2) is 5.78 Å². The molecule has 0 amide bonds. The molecule has 0 aromatic carbocycles. The van der Waals surface area contributed by atoms with Gasteiger partial charge in [0, 0.05) is 17.8 Å². The lowest BCUT2D eigenvalue weighted by atomic mass is 9.48. The number of carbonyl (C=O) groups excluding carboxylic acids is 2. The second-order valence-corrected chi connectivity index (χ2v) is 10.1. The van der Waals surface area contributed by atoms with E-state index in [1.807, 2.05) is 6.92 Å². The molecule has 3 saturated carbocycles. The van der Waals surface area contributed by atoms with Crippen molar-refractivity contribution in [3.8, 4) is 0 Å². The first-order valence-electron chi connectivity index (χ1n) is 9.48. The van der Waals surface area contributed by atoms with Gasteiger partial charge in [-0.05, 0) is 61.9 Å². The molecule has 0 saturated heterocycles. The molecule has 6 nitrogen and oxygen atoms in total. The van der Waals surface area contributed by atoms with Crippen molar-refractivity contribution in [1.29, 1.82) is 0 Å². The molecule has 4 aliphatic rings. The highest BCUT2D eigenvalue weighted by Gasteiger charge is 2.61. The third-order valence-corrected chi connectivity index (χ3v) is 8.38. The van der Waals surface area contributed by atoms with Crippen molar-refractivity contribution in [2.24, 2.45) is 28.6 Å². The van der Waals surface area contributed by atoms with Crippen LogP contribution in [-0.2, 0) is 24.2 Å². The Labute approximate surface area is 154 Å². The summed E-state index contributed by atoms with van der Waals surface area (Å²) in [6.07, 6.45) is 5.75. The molecule has 0 radical (unpaired) electrons. The lowest BCUT2D eigenvalue weighted by molar-refractivity contribution is -0.139. The molecule has 0 bridgehead atoms. The lowest BCUT2D eigenvalue weighted by Gasteiger charge is -2.55. The van der Waals surface area contributed by atoms with Crippen LogP contribution in [-0.4, -0.2) is 30.6 Å². The summed E-state index contributed by atoms with van der Waals surface area (Å²) in [4.78, 5) is 25.4. The molecule has 0 heterocycles. The van der Waals surface area contributed by atoms with Crippen LogP contribution in [0.15, 0.2) is 11.6 Å². The summed E-state index contributed by atoms with van der Waals surface area (Å²) in [6.45, 7) is 4.21. The minimum absolute atomic E-state index is 0.0839. The molecule has 144 valence electrons. The maximum atomic E-state index is 13.0. The van der Waals surface area contributed by atoms with Crippen LogP contribution in [0, 0.1) is 28.6 Å². The number of hydrogen-bond acceptors (Lipinski definition) is 5. The van der Waals surface area contributed by atoms with Crippen molar-refractivity contribution in [3.05, 3.63) is 11.6 Å². The first-order chi connectivity index (χ1) is 12.0. The van der Waals surface area contributed by atoms with Gasteiger partial charge < -0.3 is 0 Å². The standard InChI is InChI=1S/C19H26O6S/c1-18-7-5-12(25-26(22,23)24)9-11(18)10-15(20)17-13-3-4-16(21)19(13,2)8-6-14(17)18/h10,12-14,17H,3-9H2,1-2H3,(H,22,23,24)/t12-,13?,14?,17?,18-,19-/m0/s1. The van der Waals surface area contributed by atoms with Crippen LogP contribution in [0.1, 0.15) is 58.8 Å². The number of carbonyl (C=O) groups is 2. The van der Waals surface area contributed by atoms with E-state index < -0.39 is 16.5 Å². The normalized spacial score (nSPS) is 45.6. The third kappa shape index (κ3) is 2.62. The van der Waals surface area contributed by atoms with Crippen molar-refractivity contribution >= 4 is 22.0 Å². The van der Waals surface area contributed by atoms with Gasteiger partial charge in [-0.25, -0.2) is 4.18 Å². The predicted molar refractivity (Wildman–Crippen MR) is 93.5 cm³/mol. The quantitative estimate of drug-likeness (QED) is 0.738. The van der Waals surface area contributed by atoms with Crippen LogP contribution in [0.3, 0.4) is 0 Å². The highest BCUT2D eigenvalue weighted by Crippen LogP contribution is 2.63. The van der Waals surface area contributed by atoms with Crippen molar-refractivity contribution in [2.45, 2.75) is 64.9 Å². The summed E-state index contributed by atoms with van der Waals surface area (Å²) in [5, 5.41) is 0. The van der Waals surface area contributed by atoms with E-state index in [9.17, 15) is 18.0 Å². The van der Waals surface area contributed by atoms with E-state index in [2.05, 4.69) is 6.92 Å². The molecule has 1 N–H and O–H groups in total. The molecule has 26 heavy (non-hydrogen) atoms. The Bertz CT molecular complexity index is 799. The monoisotopic (exact) mass is 382 g/mol. The van der Waals surface area contributed by atoms with Gasteiger partial charge in [0.25, 0.3) is 0 Å². The Hall–Kier alpha value is -1.05. The van der Waals surface area contributed by atoms with Gasteiger partial charge in [0.2, 0.25) is 0 Å². The van der Waals surface area contributed by atoms with Gasteiger partial charge in [0.1, 0.15) is 5.78 Å². The highest BCUT2D eigenvalue weighted by molar-refractivity contribution is 7.80. The molecule has 3 unspecified atom stereocenters. The molecule has 3 fully saturated rings. The van der Waals surface area contributed by atoms with E-state index in [0.717, 1.165) is 31.3 Å². The van der Waals surface area contributed by atoms with Crippen LogP contribution in [0.25, 0.3) is 0 Å². The van der Waals surface area contributed by atoms with E-state index in [1.165, 1.54) is 0 Å². The number of Topliss-reactive ketones (excluding diaryl/α,β-unsaturated/α-hetero) is 1. The predicted octanol–water partition coefficient (Wildman–Crippen LogP) is 2.89. The summed E-state index contributed by atoms with van der Waals surface area (Å²) in [6, 6.07) is 0. The fourth-order valence-electron chi connectivity index (χ4n) is 6.40. The molecule has 0 aromatic rings. The molecule has 4 rings (SSSR count). The Morgan fingerprint density at radius 3 is 2.42 bits per heavy atom. The summed E-state index contributed by atoms with van der Waals surface area (Å²) < 4.78 is 35.8. The summed E-state index contributed by atoms with van der Waals surface area (Å²) in [5.41, 5.74) is 0.422. The fourth-order valence-corrected chi connectivity index (χ4v) is 6.90. The average molecular weight is 382 g/mol. The van der Waals surface area contributed by atoms with Crippen LogP contribution in [0.4, 0.5) is 0 Å². The first kappa shape index (κ1) is 18.3. The second kappa shape index (κ2) is 5.72. The van der Waals surface area contributed by atoms with Crippen molar-refractivity contribution in [3.63, 3.8) is 0 Å². The zero-order valence-corrected chi connectivity index (χ0v) is 16.0. The maximum Gasteiger partial charge on any atom is 0.397 e. The topological polar surface area (TPSA) is 97.7 Å². The number of allylic oxidation sites excluding steroid dienone is 1. The Balaban J connectivity index is 1.66. The van der Waals surface area contributed by atoms with E-state index in [0.29, 0.717) is 25.0 Å². The van der Waals surface area contributed by atoms with Gasteiger partial charge in [-0.3, -0.25) is 14.1 Å². The number of ketones is 2. The second-order valence-electron chi connectivity index (χ2n) is 9.03. The van der Waals surface area contributed by atoms with E-state index in [4.69, 9.17) is 8.74 Å². The fraction of sp³-hybridized carbons (Fsp3) is 0.789. The highest BCUT2D eigenvalue weighted by atomic mass is 32.3. The maximum absolute atomic E-state index is 13.0. The summed E-state index contributed by atoms with van der Waals surface area (Å²) in [5.74, 6) is 0.612. The van der Waals surface area contributed by atoms with E-state index in [-0.39, 0.29) is 34.4 Å². The van der Waals surface area contributed by atoms with Gasteiger partial charge in [-0.15, -0.1) is 0 Å². The SMILES string of the molecule is C[C@]12CC[C@H](OS(=O)(=O)O)CC1=CC(=O)C1C2CC[C@]2(C)C(=O)CCC12. The van der Waals surface area contributed by atoms with Gasteiger partial charge in [-0.1, -0.05) is 19.4 Å². The molecular weight excluding hydrogens is 356 g/mol. The van der Waals surface area contributed by atoms with Crippen LogP contribution >= 0.6 is 0 Å². The van der Waals surface area contributed by atoms with Crippen LogP contribution in [0.2, 0.25) is 0 Å². The van der Waals surface area contributed by atoms with Crippen molar-refractivity contribution < 1.29 is 26.7 Å². The molecule has 7 heteroatoms. The van der Waals surface area contributed by atoms with Crippen molar-refractivity contribution in [2.75, 3.05) is 0 Å². The van der Waals surface area contributed by atoms with Crippen LogP contribution < -0.4 is 0 Å². The molecule has 0 aromatic heterocycles. The smallest absolute Gasteiger partial charge is 0.299 e. The molecule has 6 atom stereocenters. The molecular formula is C19H26O6S. The minimum atomic E-state index is -4.49. The lowest BCUT2D eigenvalue weighted by Crippen LogP contribution is -2.53. The third-order valence-electron chi connectivity index (χ3n) is 7.87. The van der Waals surface area contributed by atoms with E-state index >= 15 is 0 Å². The zero-order valence-electron chi connectivity index (χ0n) is 15.2. The Kier molecular flexibility index (Phi) is 4.03. The largest absolute Gasteiger partial charge is 0.397 e. The zero-order chi connectivity index (χ0) is 18.9. The van der Waals surface area contributed by atoms with Gasteiger partial charge >= 0.3 is 10.4 Å². The van der Waals surface area contributed by atoms with Crippen molar-refractivity contribution in [1.82, 2.24) is 0 Å². The minimum Gasteiger partial charge on any atom is -0.299 e.